The Morgan fingerprint density at radius 2 is 1.89 bits per heavy atom. The van der Waals surface area contributed by atoms with Crippen molar-refractivity contribution in [1.82, 2.24) is 5.32 Å². The van der Waals surface area contributed by atoms with E-state index < -0.39 is 5.50 Å². The first-order valence-corrected chi connectivity index (χ1v) is 5.85. The summed E-state index contributed by atoms with van der Waals surface area (Å²) in [5.74, 6) is -0.0131. The maximum Gasteiger partial charge on any atom is 0.121 e. The highest BCUT2D eigenvalue weighted by atomic mass is 16.3. The lowest BCUT2D eigenvalue weighted by Crippen LogP contribution is -2.46. The Kier molecular flexibility index (Phi) is 4.43. The maximum absolute atomic E-state index is 10.2. The zero-order valence-corrected chi connectivity index (χ0v) is 11.1. The highest BCUT2D eigenvalue weighted by molar-refractivity contribution is 6.14. The van der Waals surface area contributed by atoms with Crippen molar-refractivity contribution in [1.29, 1.82) is 0 Å². The van der Waals surface area contributed by atoms with Gasteiger partial charge in [0.2, 0.25) is 0 Å². The predicted molar refractivity (Wildman–Crippen MR) is 71.4 cm³/mol. The summed E-state index contributed by atoms with van der Waals surface area (Å²) in [6.45, 7) is 5.78. The van der Waals surface area contributed by atoms with Crippen LogP contribution in [0.3, 0.4) is 0 Å². The monoisotopic (exact) mass is 249 g/mol. The van der Waals surface area contributed by atoms with E-state index in [1.54, 1.807) is 6.07 Å². The summed E-state index contributed by atoms with van der Waals surface area (Å²) in [7, 11) is 5.85. The van der Waals surface area contributed by atoms with Crippen molar-refractivity contribution >= 4 is 7.85 Å². The van der Waals surface area contributed by atoms with Gasteiger partial charge in [-0.2, -0.15) is 0 Å². The van der Waals surface area contributed by atoms with Crippen molar-refractivity contribution in [3.8, 4) is 5.75 Å². The molecule has 0 aliphatic rings. The standard InChI is InChI=1S/C13H20BNO3/c1-12(2,3)15-8-13(14,18)10-4-5-11(17)9(6-10)7-16/h4-6,15-18H,7-8H2,1-3H3. The quantitative estimate of drug-likeness (QED) is 0.589. The molecule has 0 aliphatic carbocycles. The van der Waals surface area contributed by atoms with Crippen molar-refractivity contribution in [2.24, 2.45) is 0 Å². The van der Waals surface area contributed by atoms with E-state index in [9.17, 15) is 10.2 Å². The first kappa shape index (κ1) is 15.0. The third-order valence-electron chi connectivity index (χ3n) is 2.64. The number of nitrogens with one attached hydrogen (secondary N) is 1. The largest absolute Gasteiger partial charge is 0.508 e. The van der Waals surface area contributed by atoms with Gasteiger partial charge in [-0.3, -0.25) is 0 Å². The maximum atomic E-state index is 10.2. The molecule has 0 amide bonds. The fraction of sp³-hybridized carbons (Fsp3) is 0.538. The van der Waals surface area contributed by atoms with Gasteiger partial charge in [0, 0.05) is 17.6 Å². The van der Waals surface area contributed by atoms with Gasteiger partial charge in [-0.1, -0.05) is 6.07 Å². The summed E-state index contributed by atoms with van der Waals surface area (Å²) in [4.78, 5) is 0. The minimum Gasteiger partial charge on any atom is -0.508 e. The van der Waals surface area contributed by atoms with Gasteiger partial charge in [0.1, 0.15) is 13.6 Å². The molecule has 0 spiro atoms. The van der Waals surface area contributed by atoms with Gasteiger partial charge in [-0.15, -0.1) is 0 Å². The second-order valence-electron chi connectivity index (χ2n) is 5.53. The fourth-order valence-corrected chi connectivity index (χ4v) is 1.48. The van der Waals surface area contributed by atoms with Crippen LogP contribution in [0.1, 0.15) is 31.9 Å². The van der Waals surface area contributed by atoms with Crippen molar-refractivity contribution in [2.75, 3.05) is 6.54 Å². The van der Waals surface area contributed by atoms with Crippen LogP contribution in [0.2, 0.25) is 0 Å². The number of benzene rings is 1. The van der Waals surface area contributed by atoms with Crippen LogP contribution < -0.4 is 5.32 Å². The van der Waals surface area contributed by atoms with Crippen molar-refractivity contribution in [3.05, 3.63) is 29.3 Å². The molecule has 18 heavy (non-hydrogen) atoms. The fourth-order valence-electron chi connectivity index (χ4n) is 1.48. The van der Waals surface area contributed by atoms with Crippen LogP contribution >= 0.6 is 0 Å². The number of β-amino-alcohol motifs (C(OH)–C–C–N with tert-alkyl or cyclic N) is 1. The van der Waals surface area contributed by atoms with Gasteiger partial charge >= 0.3 is 0 Å². The molecule has 1 atom stereocenters. The topological polar surface area (TPSA) is 72.7 Å². The Bertz CT molecular complexity index is 413. The zero-order valence-electron chi connectivity index (χ0n) is 11.1. The average molecular weight is 249 g/mol. The van der Waals surface area contributed by atoms with Crippen LogP contribution in [0.15, 0.2) is 18.2 Å². The highest BCUT2D eigenvalue weighted by Gasteiger charge is 2.25. The predicted octanol–water partition coefficient (Wildman–Crippen LogP) is 0.586. The third kappa shape index (κ3) is 4.01. The van der Waals surface area contributed by atoms with Gasteiger partial charge in [0.15, 0.2) is 0 Å². The van der Waals surface area contributed by atoms with E-state index in [1.165, 1.54) is 12.1 Å². The molecule has 1 rings (SSSR count). The van der Waals surface area contributed by atoms with Crippen LogP contribution in [-0.2, 0) is 12.1 Å². The van der Waals surface area contributed by atoms with E-state index in [4.69, 9.17) is 13.0 Å². The molecule has 1 unspecified atom stereocenters. The molecule has 0 saturated heterocycles. The van der Waals surface area contributed by atoms with Crippen LogP contribution in [0.25, 0.3) is 0 Å². The molecule has 98 valence electrons. The highest BCUT2D eigenvalue weighted by Crippen LogP contribution is 2.24. The van der Waals surface area contributed by atoms with Gasteiger partial charge in [-0.05, 0) is 38.5 Å². The van der Waals surface area contributed by atoms with Gasteiger partial charge < -0.3 is 20.6 Å². The number of aliphatic hydroxyl groups is 2. The summed E-state index contributed by atoms with van der Waals surface area (Å²) in [5.41, 5.74) is -0.928. The summed E-state index contributed by atoms with van der Waals surface area (Å²) in [6, 6.07) is 4.45. The molecule has 0 heterocycles. The molecule has 0 saturated carbocycles. The second kappa shape index (κ2) is 5.30. The lowest BCUT2D eigenvalue weighted by Gasteiger charge is -2.30. The summed E-state index contributed by atoms with van der Waals surface area (Å²) < 4.78 is 0. The molecule has 5 heteroatoms. The van der Waals surface area contributed by atoms with Gasteiger partial charge in [0.05, 0.1) is 12.1 Å². The first-order valence-electron chi connectivity index (χ1n) is 5.85. The minimum absolute atomic E-state index is 0.0131. The number of hydrogen-bond donors (Lipinski definition) is 4. The molecule has 1 aromatic rings. The first-order chi connectivity index (χ1) is 8.15. The molecule has 4 nitrogen and oxygen atoms in total. The van der Waals surface area contributed by atoms with Crippen LogP contribution in [0.4, 0.5) is 0 Å². The molecule has 0 bridgehead atoms. The summed E-state index contributed by atoms with van der Waals surface area (Å²) in [5, 5.41) is 31.9. The van der Waals surface area contributed by atoms with E-state index >= 15 is 0 Å². The van der Waals surface area contributed by atoms with Crippen LogP contribution in [0.5, 0.6) is 5.75 Å². The van der Waals surface area contributed by atoms with E-state index in [2.05, 4.69) is 5.32 Å². The van der Waals surface area contributed by atoms with Crippen LogP contribution in [0, 0.1) is 0 Å². The average Bonchev–Trinajstić information content (AvgIpc) is 2.26. The zero-order chi connectivity index (χ0) is 14.0. The Balaban J connectivity index is 2.90. The molecule has 0 aliphatic heterocycles. The molecule has 0 fully saturated rings. The second-order valence-corrected chi connectivity index (χ2v) is 5.53. The number of rotatable bonds is 4. The molecular weight excluding hydrogens is 229 g/mol. The third-order valence-corrected chi connectivity index (χ3v) is 2.64. The number of aliphatic hydroxyl groups excluding tert-OH is 1. The Morgan fingerprint density at radius 3 is 2.39 bits per heavy atom. The Hall–Kier alpha value is -1.04. The molecule has 2 radical (unpaired) electrons. The summed E-state index contributed by atoms with van der Waals surface area (Å²) in [6.07, 6.45) is 0. The van der Waals surface area contributed by atoms with Crippen molar-refractivity contribution < 1.29 is 15.3 Å². The van der Waals surface area contributed by atoms with Crippen molar-refractivity contribution in [2.45, 2.75) is 38.4 Å². The SMILES string of the molecule is [B]C(O)(CNC(C)(C)C)c1ccc(O)c(CO)c1. The summed E-state index contributed by atoms with van der Waals surface area (Å²) >= 11 is 0. The lowest BCUT2D eigenvalue weighted by molar-refractivity contribution is 0.116. The lowest BCUT2D eigenvalue weighted by atomic mass is 9.75. The number of hydrogen-bond acceptors (Lipinski definition) is 4. The van der Waals surface area contributed by atoms with E-state index in [0.717, 1.165) is 0 Å². The van der Waals surface area contributed by atoms with E-state index in [-0.39, 0.29) is 24.4 Å². The number of aromatic hydroxyl groups is 1. The van der Waals surface area contributed by atoms with Crippen LogP contribution in [-0.4, -0.2) is 35.2 Å². The minimum atomic E-state index is -1.55. The molecule has 1 aromatic carbocycles. The molecule has 4 N–H and O–H groups in total. The van der Waals surface area contributed by atoms with Gasteiger partial charge in [-0.25, -0.2) is 0 Å². The molecule has 0 aromatic heterocycles. The number of phenols is 1. The smallest absolute Gasteiger partial charge is 0.121 e. The van der Waals surface area contributed by atoms with Crippen molar-refractivity contribution in [3.63, 3.8) is 0 Å². The van der Waals surface area contributed by atoms with E-state index in [0.29, 0.717) is 11.1 Å². The van der Waals surface area contributed by atoms with E-state index in [1.807, 2.05) is 20.8 Å². The Morgan fingerprint density at radius 1 is 1.28 bits per heavy atom. The normalized spacial score (nSPS) is 15.4. The Labute approximate surface area is 109 Å². The molecular formula is C13H20BNO3. The van der Waals surface area contributed by atoms with Gasteiger partial charge in [0.25, 0.3) is 0 Å².